The molecule has 0 unspecified atom stereocenters. The van der Waals surface area contributed by atoms with E-state index in [0.717, 1.165) is 5.69 Å². The lowest BCUT2D eigenvalue weighted by Gasteiger charge is -2.19. The second kappa shape index (κ2) is 4.53. The standard InChI is InChI=1S/C12H12N2O2/c1-14(11-5-3-2-4-6-11)13-12(15)10-7-8-16-9-10/h2-9H,1H3,(H,13,15). The van der Waals surface area contributed by atoms with Gasteiger partial charge in [-0.2, -0.15) is 0 Å². The first kappa shape index (κ1) is 10.3. The molecule has 1 amide bonds. The molecule has 0 spiro atoms. The van der Waals surface area contributed by atoms with Gasteiger partial charge in [-0.1, -0.05) is 18.2 Å². The van der Waals surface area contributed by atoms with E-state index in [9.17, 15) is 4.79 Å². The lowest BCUT2D eigenvalue weighted by Crippen LogP contribution is -2.39. The highest BCUT2D eigenvalue weighted by atomic mass is 16.3. The Bertz CT molecular complexity index is 451. The maximum Gasteiger partial charge on any atom is 0.273 e. The van der Waals surface area contributed by atoms with Gasteiger partial charge >= 0.3 is 0 Å². The Kier molecular flexibility index (Phi) is 2.91. The van der Waals surface area contributed by atoms with E-state index in [-0.39, 0.29) is 5.91 Å². The summed E-state index contributed by atoms with van der Waals surface area (Å²) in [5.74, 6) is -0.194. The van der Waals surface area contributed by atoms with Gasteiger partial charge in [-0.05, 0) is 18.2 Å². The maximum atomic E-state index is 11.7. The summed E-state index contributed by atoms with van der Waals surface area (Å²) in [6.07, 6.45) is 2.88. The van der Waals surface area contributed by atoms with E-state index < -0.39 is 0 Å². The topological polar surface area (TPSA) is 45.5 Å². The molecule has 0 radical (unpaired) electrons. The molecule has 0 fully saturated rings. The van der Waals surface area contributed by atoms with Crippen molar-refractivity contribution in [2.75, 3.05) is 12.1 Å². The minimum atomic E-state index is -0.194. The highest BCUT2D eigenvalue weighted by molar-refractivity contribution is 5.94. The Morgan fingerprint density at radius 1 is 1.25 bits per heavy atom. The summed E-state index contributed by atoms with van der Waals surface area (Å²) in [5.41, 5.74) is 4.15. The number of amides is 1. The van der Waals surface area contributed by atoms with Crippen LogP contribution in [0.4, 0.5) is 5.69 Å². The van der Waals surface area contributed by atoms with Crippen molar-refractivity contribution in [2.24, 2.45) is 0 Å². The van der Waals surface area contributed by atoms with Gasteiger partial charge in [-0.15, -0.1) is 0 Å². The van der Waals surface area contributed by atoms with E-state index in [1.165, 1.54) is 12.5 Å². The smallest absolute Gasteiger partial charge is 0.273 e. The lowest BCUT2D eigenvalue weighted by molar-refractivity contribution is 0.0951. The summed E-state index contributed by atoms with van der Waals surface area (Å²) in [7, 11) is 1.79. The number of para-hydroxylation sites is 1. The second-order valence-electron chi connectivity index (χ2n) is 3.35. The van der Waals surface area contributed by atoms with Crippen molar-refractivity contribution >= 4 is 11.6 Å². The molecule has 82 valence electrons. The quantitative estimate of drug-likeness (QED) is 0.799. The molecule has 1 N–H and O–H groups in total. The molecule has 0 saturated heterocycles. The molecule has 4 nitrogen and oxygen atoms in total. The number of carbonyl (C=O) groups excluding carboxylic acids is 1. The van der Waals surface area contributed by atoms with Gasteiger partial charge in [0.05, 0.1) is 17.5 Å². The Hall–Kier alpha value is -2.23. The molecule has 0 atom stereocenters. The van der Waals surface area contributed by atoms with Gasteiger partial charge in [0.1, 0.15) is 6.26 Å². The van der Waals surface area contributed by atoms with E-state index in [1.807, 2.05) is 30.3 Å². The highest BCUT2D eigenvalue weighted by Crippen LogP contribution is 2.09. The molecule has 2 rings (SSSR count). The van der Waals surface area contributed by atoms with Crippen LogP contribution in [-0.2, 0) is 0 Å². The van der Waals surface area contributed by atoms with Crippen LogP contribution in [0, 0.1) is 0 Å². The third kappa shape index (κ3) is 2.23. The molecule has 0 aliphatic heterocycles. The first-order valence-electron chi connectivity index (χ1n) is 4.89. The average Bonchev–Trinajstić information content (AvgIpc) is 2.83. The van der Waals surface area contributed by atoms with Crippen LogP contribution in [-0.4, -0.2) is 13.0 Å². The minimum absolute atomic E-state index is 0.194. The monoisotopic (exact) mass is 216 g/mol. The van der Waals surface area contributed by atoms with Crippen molar-refractivity contribution in [3.8, 4) is 0 Å². The average molecular weight is 216 g/mol. The molecule has 1 aromatic carbocycles. The second-order valence-corrected chi connectivity index (χ2v) is 3.35. The van der Waals surface area contributed by atoms with Crippen LogP contribution in [0.5, 0.6) is 0 Å². The summed E-state index contributed by atoms with van der Waals surface area (Å²) in [6.45, 7) is 0. The Morgan fingerprint density at radius 3 is 2.62 bits per heavy atom. The van der Waals surface area contributed by atoms with Gasteiger partial charge in [-0.3, -0.25) is 15.2 Å². The number of carbonyl (C=O) groups is 1. The highest BCUT2D eigenvalue weighted by Gasteiger charge is 2.09. The zero-order valence-electron chi connectivity index (χ0n) is 8.88. The van der Waals surface area contributed by atoms with Gasteiger partial charge in [0.15, 0.2) is 0 Å². The third-order valence-corrected chi connectivity index (χ3v) is 2.20. The number of anilines is 1. The largest absolute Gasteiger partial charge is 0.472 e. The normalized spacial score (nSPS) is 9.81. The van der Waals surface area contributed by atoms with Gasteiger partial charge in [0.2, 0.25) is 0 Å². The molecule has 0 aliphatic carbocycles. The molecule has 2 aromatic rings. The maximum absolute atomic E-state index is 11.7. The van der Waals surface area contributed by atoms with Gasteiger partial charge < -0.3 is 4.42 Å². The van der Waals surface area contributed by atoms with Crippen molar-refractivity contribution in [1.82, 2.24) is 5.43 Å². The van der Waals surface area contributed by atoms with Crippen LogP contribution < -0.4 is 10.4 Å². The zero-order chi connectivity index (χ0) is 11.4. The Balaban J connectivity index is 2.03. The fourth-order valence-corrected chi connectivity index (χ4v) is 1.33. The molecule has 16 heavy (non-hydrogen) atoms. The Morgan fingerprint density at radius 2 is 2.00 bits per heavy atom. The van der Waals surface area contributed by atoms with Gasteiger partial charge in [-0.25, -0.2) is 0 Å². The summed E-state index contributed by atoms with van der Waals surface area (Å²) >= 11 is 0. The number of furan rings is 1. The molecule has 1 aromatic heterocycles. The lowest BCUT2D eigenvalue weighted by atomic mass is 10.3. The van der Waals surface area contributed by atoms with Crippen LogP contribution in [0.3, 0.4) is 0 Å². The summed E-state index contributed by atoms with van der Waals surface area (Å²) in [6, 6.07) is 11.2. The molecule has 4 heteroatoms. The Labute approximate surface area is 93.5 Å². The van der Waals surface area contributed by atoms with Crippen LogP contribution in [0.1, 0.15) is 10.4 Å². The van der Waals surface area contributed by atoms with E-state index in [4.69, 9.17) is 4.42 Å². The van der Waals surface area contributed by atoms with Crippen LogP contribution in [0.15, 0.2) is 53.3 Å². The number of nitrogens with zero attached hydrogens (tertiary/aromatic N) is 1. The zero-order valence-corrected chi connectivity index (χ0v) is 8.88. The number of hydrogen-bond donors (Lipinski definition) is 1. The first-order valence-corrected chi connectivity index (χ1v) is 4.89. The summed E-state index contributed by atoms with van der Waals surface area (Å²) in [5, 5.41) is 1.66. The molecular weight excluding hydrogens is 204 g/mol. The number of hydrogen-bond acceptors (Lipinski definition) is 3. The predicted octanol–water partition coefficient (Wildman–Crippen LogP) is 2.06. The van der Waals surface area contributed by atoms with Crippen molar-refractivity contribution in [3.05, 3.63) is 54.5 Å². The van der Waals surface area contributed by atoms with Crippen LogP contribution in [0.25, 0.3) is 0 Å². The number of rotatable bonds is 3. The summed E-state index contributed by atoms with van der Waals surface area (Å²) < 4.78 is 4.84. The van der Waals surface area contributed by atoms with E-state index >= 15 is 0 Å². The predicted molar refractivity (Wildman–Crippen MR) is 61.0 cm³/mol. The van der Waals surface area contributed by atoms with Crippen molar-refractivity contribution < 1.29 is 9.21 Å². The van der Waals surface area contributed by atoms with Gasteiger partial charge in [0.25, 0.3) is 5.91 Å². The first-order chi connectivity index (χ1) is 7.77. The number of benzene rings is 1. The van der Waals surface area contributed by atoms with Crippen molar-refractivity contribution in [2.45, 2.75) is 0 Å². The number of nitrogens with one attached hydrogen (secondary N) is 1. The van der Waals surface area contributed by atoms with E-state index in [1.54, 1.807) is 18.1 Å². The van der Waals surface area contributed by atoms with Crippen LogP contribution in [0.2, 0.25) is 0 Å². The molecule has 0 saturated carbocycles. The SMILES string of the molecule is CN(NC(=O)c1ccoc1)c1ccccc1. The number of hydrazine groups is 1. The fourth-order valence-electron chi connectivity index (χ4n) is 1.33. The molecule has 0 bridgehead atoms. The van der Waals surface area contributed by atoms with E-state index in [2.05, 4.69) is 5.43 Å². The fraction of sp³-hybridized carbons (Fsp3) is 0.0833. The van der Waals surface area contributed by atoms with Crippen molar-refractivity contribution in [3.63, 3.8) is 0 Å². The summed E-state index contributed by atoms with van der Waals surface area (Å²) in [4.78, 5) is 11.7. The van der Waals surface area contributed by atoms with Gasteiger partial charge in [0, 0.05) is 7.05 Å². The van der Waals surface area contributed by atoms with Crippen LogP contribution >= 0.6 is 0 Å². The van der Waals surface area contributed by atoms with Crippen molar-refractivity contribution in [1.29, 1.82) is 0 Å². The molecule has 0 aliphatic rings. The van der Waals surface area contributed by atoms with E-state index in [0.29, 0.717) is 5.56 Å². The molecular formula is C12H12N2O2. The molecule has 1 heterocycles. The minimum Gasteiger partial charge on any atom is -0.472 e. The third-order valence-electron chi connectivity index (χ3n) is 2.20.